The van der Waals surface area contributed by atoms with Gasteiger partial charge in [0.2, 0.25) is 11.8 Å². The molecule has 0 saturated carbocycles. The molecule has 2 N–H and O–H groups in total. The van der Waals surface area contributed by atoms with Gasteiger partial charge in [-0.05, 0) is 57.5 Å². The van der Waals surface area contributed by atoms with Crippen LogP contribution in [0.5, 0.6) is 5.88 Å². The Balaban J connectivity index is 1.20. The fraction of sp³-hybridized carbons (Fsp3) is 0.469. The number of ether oxygens (including phenoxy) is 1. The molecule has 0 unspecified atom stereocenters. The zero-order valence-corrected chi connectivity index (χ0v) is 27.9. The van der Waals surface area contributed by atoms with Crippen molar-refractivity contribution in [2.75, 3.05) is 86.6 Å². The molecule has 3 aromatic heterocycles. The summed E-state index contributed by atoms with van der Waals surface area (Å²) in [6.45, 7) is 10.7. The van der Waals surface area contributed by atoms with Gasteiger partial charge in [0.1, 0.15) is 22.8 Å². The standard InChI is InChI=1S/C32H43N11OS/c1-21-19-26(31(44-5)39-30(21)43-13-9-23(10-14-43)42-17-15-40(3)16-18-42)37-32-35-20-22(2)29(38-32)36-25-8-7-24-27(34-12-11-33-24)28(25)41(4)45-6/h7-8,11-12,19-20,23H,9-10,13-18H2,1-6H3,(H2,35,36,37,38). The van der Waals surface area contributed by atoms with Crippen LogP contribution in [0, 0.1) is 13.8 Å². The summed E-state index contributed by atoms with van der Waals surface area (Å²) in [5.74, 6) is 2.64. The highest BCUT2D eigenvalue weighted by molar-refractivity contribution is 7.99. The minimum absolute atomic E-state index is 0.448. The van der Waals surface area contributed by atoms with Crippen molar-refractivity contribution in [3.05, 3.63) is 47.9 Å². The van der Waals surface area contributed by atoms with E-state index in [-0.39, 0.29) is 0 Å². The first-order chi connectivity index (χ1) is 21.8. The lowest BCUT2D eigenvalue weighted by molar-refractivity contribution is 0.0981. The van der Waals surface area contributed by atoms with E-state index in [0.29, 0.717) is 23.7 Å². The van der Waals surface area contributed by atoms with Crippen molar-refractivity contribution >= 4 is 57.6 Å². The van der Waals surface area contributed by atoms with Crippen molar-refractivity contribution in [1.82, 2.24) is 34.7 Å². The minimum atomic E-state index is 0.448. The van der Waals surface area contributed by atoms with Gasteiger partial charge in [-0.1, -0.05) is 11.9 Å². The molecule has 45 heavy (non-hydrogen) atoms. The highest BCUT2D eigenvalue weighted by atomic mass is 32.2. The summed E-state index contributed by atoms with van der Waals surface area (Å²) in [5.41, 5.74) is 6.19. The smallest absolute Gasteiger partial charge is 0.239 e. The summed E-state index contributed by atoms with van der Waals surface area (Å²) >= 11 is 1.60. The average Bonchev–Trinajstić information content (AvgIpc) is 3.06. The van der Waals surface area contributed by atoms with Crippen molar-refractivity contribution in [3.8, 4) is 5.88 Å². The molecule has 1 aromatic carbocycles. The third-order valence-electron chi connectivity index (χ3n) is 8.84. The normalized spacial score (nSPS) is 16.6. The summed E-state index contributed by atoms with van der Waals surface area (Å²) < 4.78 is 7.84. The number of likely N-dealkylation sites (N-methyl/N-ethyl adjacent to an activating group) is 1. The van der Waals surface area contributed by atoms with Gasteiger partial charge >= 0.3 is 0 Å². The number of nitrogens with one attached hydrogen (secondary N) is 2. The fourth-order valence-electron chi connectivity index (χ4n) is 6.19. The quantitative estimate of drug-likeness (QED) is 0.246. The van der Waals surface area contributed by atoms with Gasteiger partial charge in [0.25, 0.3) is 0 Å². The minimum Gasteiger partial charge on any atom is -0.479 e. The van der Waals surface area contributed by atoms with Gasteiger partial charge in [0, 0.05) is 82.8 Å². The zero-order valence-electron chi connectivity index (χ0n) is 27.0. The molecule has 0 bridgehead atoms. The second-order valence-electron chi connectivity index (χ2n) is 11.8. The largest absolute Gasteiger partial charge is 0.479 e. The molecular weight excluding hydrogens is 586 g/mol. The number of anilines is 6. The summed E-state index contributed by atoms with van der Waals surface area (Å²) in [4.78, 5) is 31.0. The van der Waals surface area contributed by atoms with Crippen LogP contribution < -0.4 is 24.6 Å². The van der Waals surface area contributed by atoms with Crippen LogP contribution in [0.1, 0.15) is 24.0 Å². The summed E-state index contributed by atoms with van der Waals surface area (Å²) in [5, 5.41) is 6.89. The van der Waals surface area contributed by atoms with Gasteiger partial charge in [0.15, 0.2) is 0 Å². The van der Waals surface area contributed by atoms with Crippen LogP contribution in [0.15, 0.2) is 36.8 Å². The Morgan fingerprint density at radius 1 is 0.911 bits per heavy atom. The fourth-order valence-corrected chi connectivity index (χ4v) is 6.56. The first-order valence-electron chi connectivity index (χ1n) is 15.5. The Kier molecular flexibility index (Phi) is 9.38. The van der Waals surface area contributed by atoms with Crippen LogP contribution >= 0.6 is 11.9 Å². The van der Waals surface area contributed by atoms with Crippen molar-refractivity contribution in [2.45, 2.75) is 32.7 Å². The average molecular weight is 630 g/mol. The number of aryl methyl sites for hydroxylation is 2. The van der Waals surface area contributed by atoms with Crippen LogP contribution in [-0.2, 0) is 0 Å². The molecule has 0 aliphatic carbocycles. The molecule has 0 atom stereocenters. The number of hydrogen-bond acceptors (Lipinski definition) is 13. The lowest BCUT2D eigenvalue weighted by Crippen LogP contribution is -2.52. The van der Waals surface area contributed by atoms with E-state index in [0.717, 1.165) is 97.2 Å². The lowest BCUT2D eigenvalue weighted by Gasteiger charge is -2.42. The number of piperazine rings is 1. The van der Waals surface area contributed by atoms with Crippen LogP contribution in [0.25, 0.3) is 11.0 Å². The van der Waals surface area contributed by atoms with Crippen molar-refractivity contribution < 1.29 is 4.74 Å². The van der Waals surface area contributed by atoms with Gasteiger partial charge in [0.05, 0.1) is 24.0 Å². The second kappa shape index (κ2) is 13.6. The number of piperidine rings is 1. The molecule has 2 saturated heterocycles. The number of fused-ring (bicyclic) bond motifs is 1. The summed E-state index contributed by atoms with van der Waals surface area (Å²) in [7, 11) is 5.88. The van der Waals surface area contributed by atoms with E-state index >= 15 is 0 Å². The summed E-state index contributed by atoms with van der Waals surface area (Å²) in [6.07, 6.45) is 9.56. The maximum absolute atomic E-state index is 5.77. The number of benzene rings is 1. The monoisotopic (exact) mass is 629 g/mol. The van der Waals surface area contributed by atoms with E-state index in [4.69, 9.17) is 14.7 Å². The third kappa shape index (κ3) is 6.70. The molecule has 4 aromatic rings. The van der Waals surface area contributed by atoms with E-state index in [9.17, 15) is 0 Å². The lowest BCUT2D eigenvalue weighted by atomic mass is 10.0. The molecule has 2 fully saturated rings. The topological polar surface area (TPSA) is 111 Å². The van der Waals surface area contributed by atoms with Crippen molar-refractivity contribution in [1.29, 1.82) is 0 Å². The molecule has 13 heteroatoms. The number of nitrogens with zero attached hydrogens (tertiary/aromatic N) is 9. The Morgan fingerprint density at radius 2 is 1.67 bits per heavy atom. The summed E-state index contributed by atoms with van der Waals surface area (Å²) in [6, 6.07) is 6.71. The first-order valence-corrected chi connectivity index (χ1v) is 16.6. The number of rotatable bonds is 9. The third-order valence-corrected chi connectivity index (χ3v) is 9.57. The molecule has 5 heterocycles. The molecule has 6 rings (SSSR count). The molecule has 0 amide bonds. The zero-order chi connectivity index (χ0) is 31.5. The molecule has 238 valence electrons. The van der Waals surface area contributed by atoms with Gasteiger partial charge < -0.3 is 29.5 Å². The Labute approximate surface area is 269 Å². The van der Waals surface area contributed by atoms with E-state index < -0.39 is 0 Å². The van der Waals surface area contributed by atoms with E-state index in [1.54, 1.807) is 31.5 Å². The number of methoxy groups -OCH3 is 1. The SMILES string of the molecule is COc1nc(N2CCC(N3CCN(C)CC3)CC2)c(C)cc1Nc1ncc(C)c(Nc2ccc3nccnc3c2N(C)SC)n1. The Bertz CT molecular complexity index is 1640. The Morgan fingerprint density at radius 3 is 2.40 bits per heavy atom. The second-order valence-corrected chi connectivity index (χ2v) is 12.7. The van der Waals surface area contributed by atoms with Gasteiger partial charge in [-0.3, -0.25) is 14.9 Å². The maximum atomic E-state index is 5.77. The maximum Gasteiger partial charge on any atom is 0.239 e. The number of pyridine rings is 1. The van der Waals surface area contributed by atoms with E-state index in [2.05, 4.69) is 64.6 Å². The van der Waals surface area contributed by atoms with E-state index in [1.807, 2.05) is 38.6 Å². The highest BCUT2D eigenvalue weighted by Crippen LogP contribution is 2.37. The van der Waals surface area contributed by atoms with Gasteiger partial charge in [-0.2, -0.15) is 9.97 Å². The number of hydrogen-bond donors (Lipinski definition) is 2. The van der Waals surface area contributed by atoms with Gasteiger partial charge in [-0.25, -0.2) is 4.98 Å². The Hall–Kier alpha value is -3.94. The molecule has 2 aliphatic rings. The predicted octanol–water partition coefficient (Wildman–Crippen LogP) is 4.86. The van der Waals surface area contributed by atoms with Crippen LogP contribution in [0.2, 0.25) is 0 Å². The molecule has 0 radical (unpaired) electrons. The van der Waals surface area contributed by atoms with Crippen molar-refractivity contribution in [2.24, 2.45) is 0 Å². The molecule has 12 nitrogen and oxygen atoms in total. The predicted molar refractivity (Wildman–Crippen MR) is 185 cm³/mol. The van der Waals surface area contributed by atoms with Gasteiger partial charge in [-0.15, -0.1) is 0 Å². The molecule has 0 spiro atoms. The highest BCUT2D eigenvalue weighted by Gasteiger charge is 2.28. The molecular formula is C32H43N11OS. The van der Waals surface area contributed by atoms with E-state index in [1.165, 1.54) is 0 Å². The molecule has 2 aliphatic heterocycles. The van der Waals surface area contributed by atoms with Crippen LogP contribution in [0.4, 0.5) is 34.6 Å². The number of aromatic nitrogens is 5. The van der Waals surface area contributed by atoms with Crippen LogP contribution in [-0.4, -0.2) is 107 Å². The van der Waals surface area contributed by atoms with Crippen molar-refractivity contribution in [3.63, 3.8) is 0 Å². The van der Waals surface area contributed by atoms with Crippen LogP contribution in [0.3, 0.4) is 0 Å². The first kappa shape index (κ1) is 31.1.